The number of benzene rings is 1. The van der Waals surface area contributed by atoms with Crippen LogP contribution in [0.3, 0.4) is 0 Å². The maximum atomic E-state index is 14.3. The number of likely N-dealkylation sites (N-methyl/N-ethyl adjacent to an activating group) is 1. The van der Waals surface area contributed by atoms with Crippen LogP contribution in [0.25, 0.3) is 0 Å². The molecule has 1 aromatic rings. The van der Waals surface area contributed by atoms with Gasteiger partial charge in [-0.15, -0.1) is 0 Å². The molecule has 1 atom stereocenters. The lowest BCUT2D eigenvalue weighted by Crippen LogP contribution is -2.45. The second-order valence-electron chi connectivity index (χ2n) is 7.43. The molecule has 26 heavy (non-hydrogen) atoms. The number of nitrogens with zero attached hydrogens (tertiary/aromatic N) is 2. The van der Waals surface area contributed by atoms with E-state index in [9.17, 15) is 14.0 Å². The van der Waals surface area contributed by atoms with Crippen LogP contribution < -0.4 is 0 Å². The Hall–Kier alpha value is -1.66. The molecule has 1 fully saturated rings. The SMILES string of the molecule is CN(CC(=O)O)C1CCCN(C(=O)C(C)(C)c2ccc(Cl)cc2F)CC1. The van der Waals surface area contributed by atoms with Gasteiger partial charge in [0.05, 0.1) is 12.0 Å². The fourth-order valence-corrected chi connectivity index (χ4v) is 3.73. The molecule has 0 spiro atoms. The molecule has 7 heteroatoms. The van der Waals surface area contributed by atoms with E-state index < -0.39 is 17.2 Å². The number of carboxylic acids is 1. The minimum atomic E-state index is -0.999. The van der Waals surface area contributed by atoms with Crippen molar-refractivity contribution in [1.29, 1.82) is 0 Å². The highest BCUT2D eigenvalue weighted by Gasteiger charge is 2.37. The van der Waals surface area contributed by atoms with Crippen molar-refractivity contribution >= 4 is 23.5 Å². The zero-order valence-electron chi connectivity index (χ0n) is 15.5. The highest BCUT2D eigenvalue weighted by molar-refractivity contribution is 6.30. The molecule has 0 aliphatic carbocycles. The van der Waals surface area contributed by atoms with E-state index in [1.807, 2.05) is 4.90 Å². The Morgan fingerprint density at radius 3 is 2.65 bits per heavy atom. The fourth-order valence-electron chi connectivity index (χ4n) is 3.57. The first-order valence-corrected chi connectivity index (χ1v) is 9.17. The molecular weight excluding hydrogens is 359 g/mol. The molecule has 1 unspecified atom stereocenters. The quantitative estimate of drug-likeness (QED) is 0.847. The van der Waals surface area contributed by atoms with Crippen LogP contribution in [-0.4, -0.2) is 59.5 Å². The number of carbonyl (C=O) groups is 2. The number of aliphatic carboxylic acids is 1. The van der Waals surface area contributed by atoms with Crippen LogP contribution in [0.4, 0.5) is 4.39 Å². The average Bonchev–Trinajstić information content (AvgIpc) is 2.79. The predicted octanol–water partition coefficient (Wildman–Crippen LogP) is 3.15. The molecule has 5 nitrogen and oxygen atoms in total. The average molecular weight is 385 g/mol. The molecule has 1 aliphatic heterocycles. The van der Waals surface area contributed by atoms with Gasteiger partial charge >= 0.3 is 5.97 Å². The summed E-state index contributed by atoms with van der Waals surface area (Å²) >= 11 is 5.82. The van der Waals surface area contributed by atoms with Crippen molar-refractivity contribution in [3.05, 3.63) is 34.6 Å². The third-order valence-corrected chi connectivity index (χ3v) is 5.37. The third kappa shape index (κ3) is 4.74. The second kappa shape index (κ2) is 8.35. The molecule has 1 N–H and O–H groups in total. The van der Waals surface area contributed by atoms with Crippen LogP contribution in [0.2, 0.25) is 5.02 Å². The van der Waals surface area contributed by atoms with Crippen LogP contribution >= 0.6 is 11.6 Å². The lowest BCUT2D eigenvalue weighted by atomic mass is 9.82. The fraction of sp³-hybridized carbons (Fsp3) is 0.579. The summed E-state index contributed by atoms with van der Waals surface area (Å²) in [7, 11) is 1.79. The largest absolute Gasteiger partial charge is 0.480 e. The van der Waals surface area contributed by atoms with Gasteiger partial charge in [0.15, 0.2) is 0 Å². The van der Waals surface area contributed by atoms with E-state index in [1.54, 1.807) is 37.9 Å². The van der Waals surface area contributed by atoms with E-state index in [-0.39, 0.29) is 18.5 Å². The Bertz CT molecular complexity index is 681. The van der Waals surface area contributed by atoms with Gasteiger partial charge in [-0.2, -0.15) is 0 Å². The summed E-state index contributed by atoms with van der Waals surface area (Å²) in [5.41, 5.74) is -0.669. The first-order chi connectivity index (χ1) is 12.1. The van der Waals surface area contributed by atoms with Crippen molar-refractivity contribution in [2.45, 2.75) is 44.6 Å². The van der Waals surface area contributed by atoms with Crippen LogP contribution in [0.5, 0.6) is 0 Å². The van der Waals surface area contributed by atoms with Gasteiger partial charge in [0.1, 0.15) is 5.82 Å². The number of rotatable bonds is 5. The molecule has 1 saturated heterocycles. The molecule has 0 saturated carbocycles. The van der Waals surface area contributed by atoms with E-state index in [1.165, 1.54) is 6.07 Å². The number of carbonyl (C=O) groups excluding carboxylic acids is 1. The van der Waals surface area contributed by atoms with E-state index >= 15 is 0 Å². The van der Waals surface area contributed by atoms with Crippen molar-refractivity contribution in [2.75, 3.05) is 26.7 Å². The molecule has 1 aromatic carbocycles. The van der Waals surface area contributed by atoms with Crippen molar-refractivity contribution in [3.63, 3.8) is 0 Å². The van der Waals surface area contributed by atoms with Crippen molar-refractivity contribution in [2.24, 2.45) is 0 Å². The highest BCUT2D eigenvalue weighted by atomic mass is 35.5. The topological polar surface area (TPSA) is 60.9 Å². The van der Waals surface area contributed by atoms with Crippen molar-refractivity contribution in [3.8, 4) is 0 Å². The molecule has 0 aromatic heterocycles. The first-order valence-electron chi connectivity index (χ1n) is 8.80. The number of hydrogen-bond donors (Lipinski definition) is 1. The summed E-state index contributed by atoms with van der Waals surface area (Å²) < 4.78 is 14.3. The molecule has 1 aliphatic rings. The Morgan fingerprint density at radius 1 is 1.35 bits per heavy atom. The predicted molar refractivity (Wildman–Crippen MR) is 98.9 cm³/mol. The van der Waals surface area contributed by atoms with E-state index in [2.05, 4.69) is 0 Å². The number of amides is 1. The van der Waals surface area contributed by atoms with E-state index in [0.717, 1.165) is 12.8 Å². The van der Waals surface area contributed by atoms with E-state index in [0.29, 0.717) is 30.1 Å². The van der Waals surface area contributed by atoms with Crippen LogP contribution in [0.15, 0.2) is 18.2 Å². The molecule has 2 rings (SSSR count). The first kappa shape index (κ1) is 20.6. The molecule has 0 bridgehead atoms. The number of halogens is 2. The minimum absolute atomic E-state index is 0.0138. The highest BCUT2D eigenvalue weighted by Crippen LogP contribution is 2.30. The zero-order valence-corrected chi connectivity index (χ0v) is 16.2. The number of hydrogen-bond acceptors (Lipinski definition) is 3. The standard InChI is InChI=1S/C19H26ClFN2O3/c1-19(2,15-7-6-13(20)11-16(15)21)18(26)23-9-4-5-14(8-10-23)22(3)12-17(24)25/h6-7,11,14H,4-5,8-10,12H2,1-3H3,(H,24,25). The minimum Gasteiger partial charge on any atom is -0.480 e. The molecule has 144 valence electrons. The van der Waals surface area contributed by atoms with Crippen LogP contribution in [0, 0.1) is 5.82 Å². The summed E-state index contributed by atoms with van der Waals surface area (Å²) in [5.74, 6) is -1.46. The normalized spacial score (nSPS) is 18.7. The van der Waals surface area contributed by atoms with Gasteiger partial charge < -0.3 is 10.0 Å². The van der Waals surface area contributed by atoms with Crippen molar-refractivity contribution in [1.82, 2.24) is 9.80 Å². The number of likely N-dealkylation sites (tertiary alicyclic amines) is 1. The van der Waals surface area contributed by atoms with Gasteiger partial charge in [0, 0.05) is 29.7 Å². The van der Waals surface area contributed by atoms with Gasteiger partial charge in [0.25, 0.3) is 0 Å². The Morgan fingerprint density at radius 2 is 2.04 bits per heavy atom. The maximum absolute atomic E-state index is 14.3. The molecule has 0 radical (unpaired) electrons. The summed E-state index contributed by atoms with van der Waals surface area (Å²) in [5, 5.41) is 9.25. The maximum Gasteiger partial charge on any atom is 0.317 e. The Labute approximate surface area is 158 Å². The Balaban J connectivity index is 2.10. The monoisotopic (exact) mass is 384 g/mol. The molecule has 1 amide bonds. The molecule has 1 heterocycles. The Kier molecular flexibility index (Phi) is 6.64. The zero-order chi connectivity index (χ0) is 19.5. The van der Waals surface area contributed by atoms with Gasteiger partial charge in [-0.1, -0.05) is 17.7 Å². The lowest BCUT2D eigenvalue weighted by molar-refractivity contribution is -0.139. The lowest BCUT2D eigenvalue weighted by Gasteiger charge is -2.32. The van der Waals surface area contributed by atoms with Crippen molar-refractivity contribution < 1.29 is 19.1 Å². The summed E-state index contributed by atoms with van der Waals surface area (Å²) in [4.78, 5) is 27.6. The van der Waals surface area contributed by atoms with Gasteiger partial charge in [0.2, 0.25) is 5.91 Å². The second-order valence-corrected chi connectivity index (χ2v) is 7.87. The van der Waals surface area contributed by atoms with Gasteiger partial charge in [-0.25, -0.2) is 4.39 Å². The summed E-state index contributed by atoms with van der Waals surface area (Å²) in [6.07, 6.45) is 2.33. The summed E-state index contributed by atoms with van der Waals surface area (Å²) in [6.45, 7) is 4.56. The van der Waals surface area contributed by atoms with Gasteiger partial charge in [-0.3, -0.25) is 14.5 Å². The van der Waals surface area contributed by atoms with Gasteiger partial charge in [-0.05, 0) is 52.3 Å². The van der Waals surface area contributed by atoms with Crippen LogP contribution in [-0.2, 0) is 15.0 Å². The van der Waals surface area contributed by atoms with Crippen LogP contribution in [0.1, 0.15) is 38.7 Å². The molecular formula is C19H26ClFN2O3. The summed E-state index contributed by atoms with van der Waals surface area (Å²) in [6, 6.07) is 4.51. The number of carboxylic acid groups (broad SMARTS) is 1. The smallest absolute Gasteiger partial charge is 0.317 e. The third-order valence-electron chi connectivity index (χ3n) is 5.13. The van der Waals surface area contributed by atoms with E-state index in [4.69, 9.17) is 16.7 Å².